The highest BCUT2D eigenvalue weighted by atomic mass is 35.5. The van der Waals surface area contributed by atoms with Crippen LogP contribution in [0, 0.1) is 0 Å². The summed E-state index contributed by atoms with van der Waals surface area (Å²) in [6.07, 6.45) is 0. The van der Waals surface area contributed by atoms with E-state index < -0.39 is 0 Å². The van der Waals surface area contributed by atoms with Crippen molar-refractivity contribution in [2.24, 2.45) is 0 Å². The summed E-state index contributed by atoms with van der Waals surface area (Å²) >= 11 is 13.4. The monoisotopic (exact) mass is 348 g/mol. The van der Waals surface area contributed by atoms with Crippen molar-refractivity contribution in [3.63, 3.8) is 0 Å². The van der Waals surface area contributed by atoms with Crippen LogP contribution in [0.1, 0.15) is 11.1 Å². The molecule has 0 N–H and O–H groups in total. The second-order valence-corrected chi connectivity index (χ2v) is 6.44. The molecule has 0 unspecified atom stereocenters. The Bertz CT molecular complexity index is 979. The van der Waals surface area contributed by atoms with Gasteiger partial charge in [-0.15, -0.1) is 0 Å². The van der Waals surface area contributed by atoms with Crippen molar-refractivity contribution in [3.05, 3.63) is 96.1 Å². The highest BCUT2D eigenvalue weighted by molar-refractivity contribution is 6.66. The molecule has 0 heterocycles. The van der Waals surface area contributed by atoms with Gasteiger partial charge in [-0.2, -0.15) is 0 Å². The molecule has 4 aromatic rings. The minimum atomic E-state index is 0.574. The smallest absolute Gasteiger partial charge is 0.0677 e. The van der Waals surface area contributed by atoms with Crippen molar-refractivity contribution >= 4 is 54.8 Å². The zero-order chi connectivity index (χ0) is 16.5. The molecule has 0 saturated heterocycles. The molecular weight excluding hydrogens is 335 g/mol. The van der Waals surface area contributed by atoms with E-state index in [-0.39, 0.29) is 0 Å². The molecule has 4 rings (SSSR count). The second-order valence-electron chi connectivity index (χ2n) is 5.68. The van der Waals surface area contributed by atoms with Gasteiger partial charge in [0, 0.05) is 11.1 Å². The Hall–Kier alpha value is -2.28. The van der Waals surface area contributed by atoms with Gasteiger partial charge in [-0.1, -0.05) is 108 Å². The number of fused-ring (bicyclic) bond motifs is 2. The Morgan fingerprint density at radius 3 is 1.29 bits per heavy atom. The molecule has 0 atom stereocenters. The molecule has 0 amide bonds. The first kappa shape index (κ1) is 15.3. The SMILES string of the molecule is ClC(=C(Cl)c1cccc2ccccc12)c1cccc2ccccc12. The highest BCUT2D eigenvalue weighted by Gasteiger charge is 2.12. The lowest BCUT2D eigenvalue weighted by atomic mass is 10.0. The number of rotatable bonds is 2. The predicted octanol–water partition coefficient (Wildman–Crippen LogP) is 7.30. The summed E-state index contributed by atoms with van der Waals surface area (Å²) in [5, 5.41) is 5.65. The van der Waals surface area contributed by atoms with Gasteiger partial charge in [0.25, 0.3) is 0 Å². The van der Waals surface area contributed by atoms with Gasteiger partial charge in [0.1, 0.15) is 0 Å². The highest BCUT2D eigenvalue weighted by Crippen LogP contribution is 2.38. The van der Waals surface area contributed by atoms with Gasteiger partial charge in [0.2, 0.25) is 0 Å². The summed E-state index contributed by atoms with van der Waals surface area (Å²) in [4.78, 5) is 0. The van der Waals surface area contributed by atoms with Gasteiger partial charge in [-0.25, -0.2) is 0 Å². The van der Waals surface area contributed by atoms with Crippen LogP contribution in [-0.2, 0) is 0 Å². The molecule has 0 bridgehead atoms. The molecule has 4 aromatic carbocycles. The van der Waals surface area contributed by atoms with Crippen LogP contribution in [0.15, 0.2) is 84.9 Å². The van der Waals surface area contributed by atoms with E-state index in [1.807, 2.05) is 48.5 Å². The largest absolute Gasteiger partial charge is 0.0820 e. The minimum Gasteiger partial charge on any atom is -0.0820 e. The number of benzene rings is 4. The van der Waals surface area contributed by atoms with Gasteiger partial charge in [0.15, 0.2) is 0 Å². The van der Waals surface area contributed by atoms with Gasteiger partial charge < -0.3 is 0 Å². The lowest BCUT2D eigenvalue weighted by Crippen LogP contribution is -1.87. The van der Waals surface area contributed by atoms with E-state index in [0.29, 0.717) is 10.1 Å². The van der Waals surface area contributed by atoms with Gasteiger partial charge in [-0.05, 0) is 21.5 Å². The summed E-state index contributed by atoms with van der Waals surface area (Å²) in [5.74, 6) is 0. The molecule has 0 spiro atoms. The van der Waals surface area contributed by atoms with E-state index in [1.54, 1.807) is 0 Å². The Morgan fingerprint density at radius 2 is 0.833 bits per heavy atom. The molecule has 0 saturated carbocycles. The Balaban J connectivity index is 1.97. The zero-order valence-electron chi connectivity index (χ0n) is 12.8. The maximum atomic E-state index is 6.72. The first-order valence-corrected chi connectivity index (χ1v) is 8.53. The number of halogens is 2. The maximum Gasteiger partial charge on any atom is 0.0677 e. The Kier molecular flexibility index (Phi) is 4.02. The van der Waals surface area contributed by atoms with Crippen molar-refractivity contribution in [2.75, 3.05) is 0 Å². The fraction of sp³-hybridized carbons (Fsp3) is 0. The van der Waals surface area contributed by atoms with Crippen molar-refractivity contribution in [1.29, 1.82) is 0 Å². The third kappa shape index (κ3) is 2.58. The summed E-state index contributed by atoms with van der Waals surface area (Å²) in [6.45, 7) is 0. The van der Waals surface area contributed by atoms with Gasteiger partial charge in [-0.3, -0.25) is 0 Å². The first-order chi connectivity index (χ1) is 11.8. The normalized spacial score (nSPS) is 12.4. The number of hydrogen-bond acceptors (Lipinski definition) is 0. The van der Waals surface area contributed by atoms with Crippen molar-refractivity contribution < 1.29 is 0 Å². The van der Waals surface area contributed by atoms with Crippen LogP contribution >= 0.6 is 23.2 Å². The second kappa shape index (κ2) is 6.32. The molecule has 0 aliphatic heterocycles. The summed E-state index contributed by atoms with van der Waals surface area (Å²) in [5.41, 5.74) is 1.90. The lowest BCUT2D eigenvalue weighted by molar-refractivity contribution is 1.69. The van der Waals surface area contributed by atoms with E-state index in [0.717, 1.165) is 32.7 Å². The Labute approximate surface area is 150 Å². The average molecular weight is 349 g/mol. The molecule has 0 fully saturated rings. The third-order valence-corrected chi connectivity index (χ3v) is 5.13. The van der Waals surface area contributed by atoms with Crippen molar-refractivity contribution in [1.82, 2.24) is 0 Å². The van der Waals surface area contributed by atoms with E-state index in [9.17, 15) is 0 Å². The van der Waals surface area contributed by atoms with Crippen LogP contribution in [0.5, 0.6) is 0 Å². The van der Waals surface area contributed by atoms with Crippen LogP contribution < -0.4 is 0 Å². The molecule has 0 aliphatic rings. The zero-order valence-corrected chi connectivity index (χ0v) is 14.4. The molecule has 0 nitrogen and oxygen atoms in total. The predicted molar refractivity (Wildman–Crippen MR) is 106 cm³/mol. The van der Waals surface area contributed by atoms with E-state index in [1.165, 1.54) is 0 Å². The molecular formula is C22H14Cl2. The average Bonchev–Trinajstić information content (AvgIpc) is 2.66. The van der Waals surface area contributed by atoms with Gasteiger partial charge in [0.05, 0.1) is 10.1 Å². The van der Waals surface area contributed by atoms with Crippen LogP contribution in [0.4, 0.5) is 0 Å². The van der Waals surface area contributed by atoms with Crippen molar-refractivity contribution in [2.45, 2.75) is 0 Å². The van der Waals surface area contributed by atoms with Crippen LogP contribution in [0.2, 0.25) is 0 Å². The van der Waals surface area contributed by atoms with E-state index >= 15 is 0 Å². The minimum absolute atomic E-state index is 0.574. The van der Waals surface area contributed by atoms with E-state index in [2.05, 4.69) is 36.4 Å². The lowest BCUT2D eigenvalue weighted by Gasteiger charge is -2.10. The third-order valence-electron chi connectivity index (χ3n) is 4.24. The summed E-state index contributed by atoms with van der Waals surface area (Å²) < 4.78 is 0. The first-order valence-electron chi connectivity index (χ1n) is 7.77. The van der Waals surface area contributed by atoms with Gasteiger partial charge >= 0.3 is 0 Å². The van der Waals surface area contributed by atoms with Crippen molar-refractivity contribution in [3.8, 4) is 0 Å². The molecule has 116 valence electrons. The fourth-order valence-electron chi connectivity index (χ4n) is 3.07. The van der Waals surface area contributed by atoms with Crippen LogP contribution in [0.25, 0.3) is 31.6 Å². The Morgan fingerprint density at radius 1 is 0.458 bits per heavy atom. The molecule has 2 heteroatoms. The van der Waals surface area contributed by atoms with E-state index in [4.69, 9.17) is 23.2 Å². The molecule has 0 aliphatic carbocycles. The standard InChI is InChI=1S/C22H14Cl2/c23-21(19-13-5-9-15-7-1-3-11-17(15)19)22(24)20-14-6-10-16-8-2-4-12-18(16)20/h1-14H. The van der Waals surface area contributed by atoms with Crippen LogP contribution in [-0.4, -0.2) is 0 Å². The summed E-state index contributed by atoms with van der Waals surface area (Å²) in [7, 11) is 0. The fourth-order valence-corrected chi connectivity index (χ4v) is 3.60. The summed E-state index contributed by atoms with van der Waals surface area (Å²) in [6, 6.07) is 28.6. The van der Waals surface area contributed by atoms with Crippen LogP contribution in [0.3, 0.4) is 0 Å². The quantitative estimate of drug-likeness (QED) is 0.333. The topological polar surface area (TPSA) is 0 Å². The molecule has 0 aromatic heterocycles. The maximum absolute atomic E-state index is 6.72. The number of hydrogen-bond donors (Lipinski definition) is 0. The molecule has 24 heavy (non-hydrogen) atoms. The molecule has 0 radical (unpaired) electrons.